The SMILES string of the molecule is CC(=O)OC1CC(c2ccc(Cl)cc2)C1. The van der Waals surface area contributed by atoms with Crippen LogP contribution in [0.4, 0.5) is 0 Å². The molecule has 0 aliphatic heterocycles. The summed E-state index contributed by atoms with van der Waals surface area (Å²) in [4.78, 5) is 10.7. The highest BCUT2D eigenvalue weighted by Crippen LogP contribution is 2.38. The lowest BCUT2D eigenvalue weighted by Gasteiger charge is -2.34. The average molecular weight is 225 g/mol. The van der Waals surface area contributed by atoms with Gasteiger partial charge < -0.3 is 4.74 Å². The summed E-state index contributed by atoms with van der Waals surface area (Å²) in [5, 5.41) is 0.759. The van der Waals surface area contributed by atoms with Crippen LogP contribution in [0.25, 0.3) is 0 Å². The predicted molar refractivity (Wildman–Crippen MR) is 59.0 cm³/mol. The zero-order valence-electron chi connectivity index (χ0n) is 8.57. The largest absolute Gasteiger partial charge is 0.463 e. The van der Waals surface area contributed by atoms with Crippen LogP contribution in [-0.4, -0.2) is 12.1 Å². The standard InChI is InChI=1S/C12H13ClO2/c1-8(14)15-12-6-10(7-12)9-2-4-11(13)5-3-9/h2-5,10,12H,6-7H2,1H3. The summed E-state index contributed by atoms with van der Waals surface area (Å²) in [6, 6.07) is 7.88. The fourth-order valence-electron chi connectivity index (χ4n) is 1.90. The molecule has 1 aliphatic carbocycles. The maximum atomic E-state index is 10.7. The van der Waals surface area contributed by atoms with E-state index >= 15 is 0 Å². The second kappa shape index (κ2) is 4.23. The fraction of sp³-hybridized carbons (Fsp3) is 0.417. The van der Waals surface area contributed by atoms with Crippen molar-refractivity contribution in [2.45, 2.75) is 31.8 Å². The van der Waals surface area contributed by atoms with Gasteiger partial charge in [-0.25, -0.2) is 0 Å². The molecule has 0 spiro atoms. The van der Waals surface area contributed by atoms with Gasteiger partial charge in [0.1, 0.15) is 6.10 Å². The molecule has 1 saturated carbocycles. The topological polar surface area (TPSA) is 26.3 Å². The number of hydrogen-bond acceptors (Lipinski definition) is 2. The maximum absolute atomic E-state index is 10.7. The molecule has 0 bridgehead atoms. The first-order chi connectivity index (χ1) is 7.15. The first-order valence-corrected chi connectivity index (χ1v) is 5.45. The van der Waals surface area contributed by atoms with E-state index in [1.54, 1.807) is 0 Å². The summed E-state index contributed by atoms with van der Waals surface area (Å²) in [5.41, 5.74) is 1.28. The molecule has 0 saturated heterocycles. The van der Waals surface area contributed by atoms with Crippen LogP contribution >= 0.6 is 11.6 Å². The number of esters is 1. The van der Waals surface area contributed by atoms with Crippen LogP contribution in [-0.2, 0) is 9.53 Å². The third-order valence-corrected chi connectivity index (χ3v) is 3.02. The molecular formula is C12H13ClO2. The number of hydrogen-bond donors (Lipinski definition) is 0. The molecule has 0 N–H and O–H groups in total. The molecular weight excluding hydrogens is 212 g/mol. The molecule has 0 heterocycles. The number of carbonyl (C=O) groups is 1. The lowest BCUT2D eigenvalue weighted by molar-refractivity contribution is -0.151. The van der Waals surface area contributed by atoms with Crippen LogP contribution in [0.3, 0.4) is 0 Å². The molecule has 0 unspecified atom stereocenters. The van der Waals surface area contributed by atoms with Gasteiger partial charge in [0.05, 0.1) is 0 Å². The Balaban J connectivity index is 1.89. The van der Waals surface area contributed by atoms with Gasteiger partial charge in [-0.05, 0) is 36.5 Å². The van der Waals surface area contributed by atoms with Crippen LogP contribution in [0.15, 0.2) is 24.3 Å². The highest BCUT2D eigenvalue weighted by molar-refractivity contribution is 6.30. The van der Waals surface area contributed by atoms with Gasteiger partial charge in [0, 0.05) is 11.9 Å². The monoisotopic (exact) mass is 224 g/mol. The van der Waals surface area contributed by atoms with Crippen molar-refractivity contribution in [3.63, 3.8) is 0 Å². The molecule has 1 aromatic carbocycles. The molecule has 0 aromatic heterocycles. The van der Waals surface area contributed by atoms with E-state index in [4.69, 9.17) is 16.3 Å². The zero-order valence-corrected chi connectivity index (χ0v) is 9.33. The van der Waals surface area contributed by atoms with Gasteiger partial charge in [-0.3, -0.25) is 4.79 Å². The van der Waals surface area contributed by atoms with Gasteiger partial charge in [-0.2, -0.15) is 0 Å². The highest BCUT2D eigenvalue weighted by Gasteiger charge is 2.32. The van der Waals surface area contributed by atoms with Crippen molar-refractivity contribution in [1.29, 1.82) is 0 Å². The normalized spacial score (nSPS) is 24.4. The first-order valence-electron chi connectivity index (χ1n) is 5.08. The molecule has 15 heavy (non-hydrogen) atoms. The number of rotatable bonds is 2. The lowest BCUT2D eigenvalue weighted by atomic mass is 9.77. The Morgan fingerprint density at radius 3 is 2.47 bits per heavy atom. The summed E-state index contributed by atoms with van der Waals surface area (Å²) >= 11 is 5.81. The summed E-state index contributed by atoms with van der Waals surface area (Å²) in [6.45, 7) is 1.45. The van der Waals surface area contributed by atoms with E-state index in [0.717, 1.165) is 17.9 Å². The van der Waals surface area contributed by atoms with Crippen molar-refractivity contribution >= 4 is 17.6 Å². The predicted octanol–water partition coefficient (Wildman–Crippen LogP) is 3.15. The third-order valence-electron chi connectivity index (χ3n) is 2.77. The Labute approximate surface area is 94.2 Å². The smallest absolute Gasteiger partial charge is 0.302 e. The Morgan fingerprint density at radius 1 is 1.33 bits per heavy atom. The Bertz CT molecular complexity index is 352. The molecule has 0 amide bonds. The second-order valence-corrected chi connectivity index (χ2v) is 4.39. The summed E-state index contributed by atoms with van der Waals surface area (Å²) in [7, 11) is 0. The van der Waals surface area contributed by atoms with Crippen molar-refractivity contribution in [2.24, 2.45) is 0 Å². The van der Waals surface area contributed by atoms with E-state index in [1.807, 2.05) is 24.3 Å². The maximum Gasteiger partial charge on any atom is 0.302 e. The Hall–Kier alpha value is -1.02. The van der Waals surface area contributed by atoms with E-state index in [1.165, 1.54) is 12.5 Å². The number of halogens is 1. The van der Waals surface area contributed by atoms with Gasteiger partial charge in [-0.15, -0.1) is 0 Å². The van der Waals surface area contributed by atoms with E-state index in [-0.39, 0.29) is 12.1 Å². The van der Waals surface area contributed by atoms with E-state index in [9.17, 15) is 4.79 Å². The van der Waals surface area contributed by atoms with Gasteiger partial charge in [0.2, 0.25) is 0 Å². The first kappa shape index (κ1) is 10.5. The van der Waals surface area contributed by atoms with Crippen molar-refractivity contribution in [2.75, 3.05) is 0 Å². The van der Waals surface area contributed by atoms with Crippen LogP contribution in [0.1, 0.15) is 31.2 Å². The molecule has 0 atom stereocenters. The fourth-order valence-corrected chi connectivity index (χ4v) is 2.03. The summed E-state index contributed by atoms with van der Waals surface area (Å²) in [5.74, 6) is 0.334. The second-order valence-electron chi connectivity index (χ2n) is 3.95. The van der Waals surface area contributed by atoms with Crippen molar-refractivity contribution in [1.82, 2.24) is 0 Å². The molecule has 0 radical (unpaired) electrons. The number of ether oxygens (including phenoxy) is 1. The summed E-state index contributed by atoms with van der Waals surface area (Å²) < 4.78 is 5.10. The van der Waals surface area contributed by atoms with Crippen molar-refractivity contribution in [3.05, 3.63) is 34.9 Å². The molecule has 1 aliphatic rings. The summed E-state index contributed by atoms with van der Waals surface area (Å²) in [6.07, 6.45) is 1.98. The minimum atomic E-state index is -0.186. The lowest BCUT2D eigenvalue weighted by Crippen LogP contribution is -2.31. The average Bonchev–Trinajstić information content (AvgIpc) is 2.12. The molecule has 3 heteroatoms. The Morgan fingerprint density at radius 2 is 1.93 bits per heavy atom. The van der Waals surface area contributed by atoms with Crippen molar-refractivity contribution < 1.29 is 9.53 Å². The van der Waals surface area contributed by atoms with Gasteiger partial charge >= 0.3 is 5.97 Å². The number of carbonyl (C=O) groups excluding carboxylic acids is 1. The van der Waals surface area contributed by atoms with Crippen LogP contribution < -0.4 is 0 Å². The van der Waals surface area contributed by atoms with E-state index in [0.29, 0.717) is 5.92 Å². The van der Waals surface area contributed by atoms with Crippen LogP contribution in [0.2, 0.25) is 5.02 Å². The van der Waals surface area contributed by atoms with Gasteiger partial charge in [0.25, 0.3) is 0 Å². The number of benzene rings is 1. The van der Waals surface area contributed by atoms with Gasteiger partial charge in [-0.1, -0.05) is 23.7 Å². The van der Waals surface area contributed by atoms with Crippen LogP contribution in [0, 0.1) is 0 Å². The minimum absolute atomic E-state index is 0.114. The Kier molecular flexibility index (Phi) is 2.96. The van der Waals surface area contributed by atoms with E-state index < -0.39 is 0 Å². The van der Waals surface area contributed by atoms with Crippen molar-refractivity contribution in [3.8, 4) is 0 Å². The zero-order chi connectivity index (χ0) is 10.8. The molecule has 1 fully saturated rings. The van der Waals surface area contributed by atoms with Crippen LogP contribution in [0.5, 0.6) is 0 Å². The minimum Gasteiger partial charge on any atom is -0.463 e. The molecule has 80 valence electrons. The molecule has 1 aromatic rings. The highest BCUT2D eigenvalue weighted by atomic mass is 35.5. The molecule has 2 nitrogen and oxygen atoms in total. The quantitative estimate of drug-likeness (QED) is 0.722. The van der Waals surface area contributed by atoms with E-state index in [2.05, 4.69) is 0 Å². The molecule has 2 rings (SSSR count). The third kappa shape index (κ3) is 2.51. The van der Waals surface area contributed by atoms with Gasteiger partial charge in [0.15, 0.2) is 0 Å².